The number of amidine groups is 1. The van der Waals surface area contributed by atoms with E-state index in [1.165, 1.54) is 52.5 Å². The normalized spacial score (nSPS) is 16.3. The van der Waals surface area contributed by atoms with Crippen LogP contribution in [-0.2, 0) is 19.7 Å². The summed E-state index contributed by atoms with van der Waals surface area (Å²) < 4.78 is 123. The number of halogens is 4. The smallest absolute Gasteiger partial charge is 0.496 e. The lowest BCUT2D eigenvalue weighted by Gasteiger charge is -2.34. The number of rotatable bonds is 10. The topological polar surface area (TPSA) is 156 Å². The van der Waals surface area contributed by atoms with E-state index in [4.69, 9.17) is 14.2 Å². The standard InChI is InChI=1S/C50H39B2F4N5O9S/c1-29-41-27-42-50(64)57(3)49(61(42)51(53,54)58(41)30(2)48(29)71(65,66)67)33-19-16-31(17-20-33)14-15-32-18-21-36(45(26-32)70-28-46(62)63)47-39-24-22-37(34-10-6-8-12-43(34)68-4)59(39)52(55,56)60-38(23-25-40(47)60)35-11-7-9-13-44(35)69-5/h6-13,16-27H,28H2,1-5H3,(H,62,63)(H,65,66,67). The quantitative estimate of drug-likeness (QED) is 0.0624. The highest BCUT2D eigenvalue weighted by molar-refractivity contribution is 7.86. The van der Waals surface area contributed by atoms with E-state index in [2.05, 4.69) is 11.8 Å². The molecule has 1 amide bonds. The van der Waals surface area contributed by atoms with Gasteiger partial charge in [0.1, 0.15) is 22.1 Å². The van der Waals surface area contributed by atoms with Crippen LogP contribution >= 0.6 is 0 Å². The van der Waals surface area contributed by atoms with Crippen LogP contribution in [0, 0.1) is 25.7 Å². The van der Waals surface area contributed by atoms with Crippen molar-refractivity contribution in [2.45, 2.75) is 18.7 Å². The molecule has 0 bridgehead atoms. The van der Waals surface area contributed by atoms with Crippen LogP contribution in [0.1, 0.15) is 50.5 Å². The van der Waals surface area contributed by atoms with Crippen LogP contribution in [0.2, 0.25) is 0 Å². The summed E-state index contributed by atoms with van der Waals surface area (Å²) in [6.07, 6.45) is 4.34. The largest absolute Gasteiger partial charge is 0.737 e. The number of carboxylic acids is 1. The molecule has 0 saturated carbocycles. The first-order valence-electron chi connectivity index (χ1n) is 21.9. The molecule has 14 nitrogen and oxygen atoms in total. The molecule has 0 unspecified atom stereocenters. The van der Waals surface area contributed by atoms with Gasteiger partial charge in [0.05, 0.1) is 38.0 Å². The van der Waals surface area contributed by atoms with Gasteiger partial charge in [0.2, 0.25) is 0 Å². The van der Waals surface area contributed by atoms with E-state index in [1.54, 1.807) is 97.1 Å². The molecule has 2 aromatic heterocycles. The summed E-state index contributed by atoms with van der Waals surface area (Å²) in [5, 5.41) is 9.77. The van der Waals surface area contributed by atoms with Crippen molar-refractivity contribution in [3.63, 3.8) is 0 Å². The SMILES string of the molecule is COc1ccccc1C1=[N+]2C(=C(c3ccc(C#Cc4ccc(C5=[N+]6C(=Cc7c(C)c(S(=O)(=O)O)c(C)n7[B-]6(F)F)C(=O)N5C)cc4)cc3OCC(=O)O)c3ccc(-c4ccccc4OC)n3[B-]2(F)F)C=C1. The molecule has 71 heavy (non-hydrogen) atoms. The van der Waals surface area contributed by atoms with Gasteiger partial charge in [-0.1, -0.05) is 36.1 Å². The highest BCUT2D eigenvalue weighted by Crippen LogP contribution is 2.47. The Bertz CT molecular complexity index is 3710. The lowest BCUT2D eigenvalue weighted by atomic mass is 9.84. The Balaban J connectivity index is 1.07. The summed E-state index contributed by atoms with van der Waals surface area (Å²) in [6, 6.07) is 27.6. The van der Waals surface area contributed by atoms with Crippen LogP contribution < -0.4 is 14.2 Å². The second-order valence-corrected chi connectivity index (χ2v) is 18.3. The number of methoxy groups -OCH3 is 2. The number of aliphatic carboxylic acids is 1. The predicted molar refractivity (Wildman–Crippen MR) is 257 cm³/mol. The number of fused-ring (bicyclic) bond motifs is 4. The monoisotopic (exact) mass is 983 g/mol. The minimum atomic E-state index is -4.89. The molecule has 21 heteroatoms. The van der Waals surface area contributed by atoms with Gasteiger partial charge in [0, 0.05) is 63.3 Å². The van der Waals surface area contributed by atoms with E-state index in [1.807, 2.05) is 0 Å². The Hall–Kier alpha value is -8.34. The Labute approximate surface area is 403 Å². The maximum atomic E-state index is 17.6. The average molecular weight is 984 g/mol. The number of likely N-dealkylation sites (N-methyl/N-ethyl adjacent to an activating group) is 1. The third-order valence-corrected chi connectivity index (χ3v) is 14.1. The highest BCUT2D eigenvalue weighted by Gasteiger charge is 2.57. The third-order valence-electron chi connectivity index (χ3n) is 13.0. The lowest BCUT2D eigenvalue weighted by molar-refractivity contribution is -0.361. The third kappa shape index (κ3) is 7.19. The molecule has 0 fully saturated rings. The zero-order valence-corrected chi connectivity index (χ0v) is 39.1. The first-order chi connectivity index (χ1) is 33.8. The number of carbonyl (C=O) groups is 2. The van der Waals surface area contributed by atoms with Crippen LogP contribution in [0.25, 0.3) is 22.9 Å². The molecule has 0 atom stereocenters. The van der Waals surface area contributed by atoms with Crippen LogP contribution in [0.15, 0.2) is 132 Å². The number of carbonyl (C=O) groups excluding carboxylic acids is 1. The lowest BCUT2D eigenvalue weighted by Crippen LogP contribution is -2.51. The molecule has 6 heterocycles. The number of carboxylic acid groups (broad SMARTS) is 1. The molecule has 4 aromatic carbocycles. The molecule has 2 N–H and O–H groups in total. The Morgan fingerprint density at radius 2 is 1.35 bits per heavy atom. The van der Waals surface area contributed by atoms with Crippen LogP contribution in [0.3, 0.4) is 0 Å². The number of nitrogens with zero attached hydrogens (tertiary/aromatic N) is 5. The Kier molecular flexibility index (Phi) is 10.9. The molecule has 10 rings (SSSR count). The van der Waals surface area contributed by atoms with Crippen molar-refractivity contribution in [3.05, 3.63) is 177 Å². The first-order valence-corrected chi connectivity index (χ1v) is 23.3. The van der Waals surface area contributed by atoms with Crippen molar-refractivity contribution >= 4 is 59.1 Å². The minimum Gasteiger partial charge on any atom is -0.496 e. The molecule has 4 aliphatic heterocycles. The second-order valence-electron chi connectivity index (χ2n) is 17.0. The van der Waals surface area contributed by atoms with Gasteiger partial charge in [0.15, 0.2) is 23.7 Å². The fourth-order valence-corrected chi connectivity index (χ4v) is 11.0. The number of hydrogen-bond acceptors (Lipinski definition) is 7. The van der Waals surface area contributed by atoms with Gasteiger partial charge in [0.25, 0.3) is 16.0 Å². The molecular formula is C50H39B2F4N5O9S. The minimum absolute atomic E-state index is 0.0268. The first kappa shape index (κ1) is 46.4. The molecule has 358 valence electrons. The number of allylic oxidation sites excluding steroid dienone is 2. The van der Waals surface area contributed by atoms with E-state index in [9.17, 15) is 27.7 Å². The van der Waals surface area contributed by atoms with E-state index in [-0.39, 0.29) is 62.5 Å². The van der Waals surface area contributed by atoms with Gasteiger partial charge in [-0.2, -0.15) is 13.3 Å². The molecule has 0 saturated heterocycles. The molecular weight excluding hydrogens is 944 g/mol. The molecule has 0 radical (unpaired) electrons. The summed E-state index contributed by atoms with van der Waals surface area (Å²) in [6.45, 7) is -7.84. The van der Waals surface area contributed by atoms with Crippen LogP contribution in [0.5, 0.6) is 17.2 Å². The maximum Gasteiger partial charge on any atom is 0.737 e. The summed E-state index contributed by atoms with van der Waals surface area (Å²) in [5.41, 5.74) is 1.81. The van der Waals surface area contributed by atoms with E-state index in [0.29, 0.717) is 48.3 Å². The molecule has 4 aliphatic rings. The summed E-state index contributed by atoms with van der Waals surface area (Å²) >= 11 is 0. The van der Waals surface area contributed by atoms with E-state index >= 15 is 17.3 Å². The summed E-state index contributed by atoms with van der Waals surface area (Å²) in [4.78, 5) is 25.9. The average Bonchev–Trinajstić information content (AvgIpc) is 4.11. The van der Waals surface area contributed by atoms with Crippen molar-refractivity contribution in [1.82, 2.24) is 13.9 Å². The number of hydrogen-bond donors (Lipinski definition) is 2. The molecule has 0 aliphatic carbocycles. The number of aromatic nitrogens is 2. The number of benzene rings is 4. The van der Waals surface area contributed by atoms with E-state index < -0.39 is 53.1 Å². The Morgan fingerprint density at radius 3 is 2.01 bits per heavy atom. The van der Waals surface area contributed by atoms with Gasteiger partial charge >= 0.3 is 25.8 Å². The van der Waals surface area contributed by atoms with Crippen molar-refractivity contribution < 1.29 is 68.1 Å². The van der Waals surface area contributed by atoms with Crippen molar-refractivity contribution in [3.8, 4) is 40.3 Å². The zero-order valence-electron chi connectivity index (χ0n) is 38.3. The highest BCUT2D eigenvalue weighted by atomic mass is 32.2. The van der Waals surface area contributed by atoms with Crippen molar-refractivity contribution in [1.29, 1.82) is 0 Å². The Morgan fingerprint density at radius 1 is 0.746 bits per heavy atom. The van der Waals surface area contributed by atoms with Crippen LogP contribution in [0.4, 0.5) is 17.3 Å². The summed E-state index contributed by atoms with van der Waals surface area (Å²) in [7, 11) is -0.641. The van der Waals surface area contributed by atoms with E-state index in [0.717, 1.165) is 20.8 Å². The number of amides is 1. The van der Waals surface area contributed by atoms with Gasteiger partial charge in [-0.05, 0) is 98.3 Å². The zero-order chi connectivity index (χ0) is 50.5. The van der Waals surface area contributed by atoms with Gasteiger partial charge < -0.3 is 54.5 Å². The van der Waals surface area contributed by atoms with Gasteiger partial charge in [-0.3, -0.25) is 4.55 Å². The second kappa shape index (κ2) is 16.7. The molecule has 6 aromatic rings. The van der Waals surface area contributed by atoms with Crippen LogP contribution in [-0.4, -0.2) is 106 Å². The fraction of sp³-hybridized carbons (Fsp3) is 0.120. The van der Waals surface area contributed by atoms with Crippen molar-refractivity contribution in [2.75, 3.05) is 27.9 Å². The maximum absolute atomic E-state index is 17.6. The predicted octanol–water partition coefficient (Wildman–Crippen LogP) is 7.28. The summed E-state index contributed by atoms with van der Waals surface area (Å²) in [5.74, 6) is 4.57. The van der Waals surface area contributed by atoms with Crippen molar-refractivity contribution in [2.24, 2.45) is 0 Å². The fourth-order valence-electron chi connectivity index (χ4n) is 10.0. The van der Waals surface area contributed by atoms with Gasteiger partial charge in [-0.15, -0.1) is 0 Å². The van der Waals surface area contributed by atoms with Gasteiger partial charge in [-0.25, -0.2) is 9.59 Å². The number of para-hydroxylation sites is 2. The number of ether oxygens (including phenoxy) is 3. The molecule has 0 spiro atoms.